The number of ketones is 1. The Morgan fingerprint density at radius 3 is 2.24 bits per heavy atom. The van der Waals surface area contributed by atoms with Crippen molar-refractivity contribution in [1.82, 2.24) is 0 Å². The predicted octanol–water partition coefficient (Wildman–Crippen LogP) is 9.89. The number of aldehydes is 1. The second kappa shape index (κ2) is 12.8. The molecule has 0 aromatic heterocycles. The van der Waals surface area contributed by atoms with Crippen molar-refractivity contribution in [1.29, 1.82) is 0 Å². The van der Waals surface area contributed by atoms with Crippen molar-refractivity contribution < 1.29 is 23.9 Å². The van der Waals surface area contributed by atoms with Crippen LogP contribution in [0.15, 0.2) is 35.4 Å². The van der Waals surface area contributed by atoms with Gasteiger partial charge in [0.15, 0.2) is 5.78 Å². The number of ether oxygens (including phenoxy) is 1. The lowest BCUT2D eigenvalue weighted by Crippen LogP contribution is -2.61. The van der Waals surface area contributed by atoms with Crippen LogP contribution in [0.25, 0.3) is 0 Å². The Morgan fingerprint density at radius 1 is 0.941 bits per heavy atom. The van der Waals surface area contributed by atoms with Gasteiger partial charge in [0.2, 0.25) is 5.91 Å². The number of anilines is 1. The van der Waals surface area contributed by atoms with Gasteiger partial charge >= 0.3 is 5.97 Å². The highest BCUT2D eigenvalue weighted by Crippen LogP contribution is 2.73. The standard InChI is InChI=1S/C44H60ClNO5/c1-24(2)37-34(48)22-44(41(5,6)40(50)46-29-11-9-28(45)10-12-29)20-16-33-30(38(37)44)13-14-36-42(7)19-17-35(26(4)32(42)15-18-43(33,36)8)51-39(49)31-21-27(23-47)25(31)3/h9-12,23-27,30-33,35-36H,13-22H2,1-8H3,(H,46,50). The van der Waals surface area contributed by atoms with E-state index >= 15 is 0 Å². The zero-order chi connectivity index (χ0) is 36.8. The van der Waals surface area contributed by atoms with Crippen LogP contribution in [-0.4, -0.2) is 30.0 Å². The molecular weight excluding hydrogens is 658 g/mol. The highest BCUT2D eigenvalue weighted by molar-refractivity contribution is 6.30. The second-order valence-corrected chi connectivity index (χ2v) is 19.6. The molecule has 5 saturated carbocycles. The maximum absolute atomic E-state index is 14.3. The number of hydrogen-bond acceptors (Lipinski definition) is 5. The Bertz CT molecular complexity index is 1630. The van der Waals surface area contributed by atoms with Crippen molar-refractivity contribution in [3.05, 3.63) is 40.4 Å². The fourth-order valence-electron chi connectivity index (χ4n) is 13.5. The molecule has 12 unspecified atom stereocenters. The molecule has 1 aromatic rings. The molecule has 0 bridgehead atoms. The number of hydrogen-bond donors (Lipinski definition) is 1. The van der Waals surface area contributed by atoms with Crippen molar-refractivity contribution >= 4 is 41.2 Å². The van der Waals surface area contributed by atoms with Crippen molar-refractivity contribution in [3.63, 3.8) is 0 Å². The zero-order valence-electron chi connectivity index (χ0n) is 32.2. The van der Waals surface area contributed by atoms with Gasteiger partial charge in [-0.2, -0.15) is 0 Å². The summed E-state index contributed by atoms with van der Waals surface area (Å²) in [6, 6.07) is 7.28. The van der Waals surface area contributed by atoms with E-state index in [1.165, 1.54) is 5.57 Å². The summed E-state index contributed by atoms with van der Waals surface area (Å²) in [6.07, 6.45) is 10.3. The van der Waals surface area contributed by atoms with Crippen molar-refractivity contribution in [3.8, 4) is 0 Å². The van der Waals surface area contributed by atoms with Gasteiger partial charge in [0.1, 0.15) is 12.4 Å². The number of carbonyl (C=O) groups is 4. The Balaban J connectivity index is 1.14. The number of carbonyl (C=O) groups excluding carboxylic acids is 4. The summed E-state index contributed by atoms with van der Waals surface area (Å²) in [4.78, 5) is 53.0. The number of nitrogens with one attached hydrogen (secondary N) is 1. The van der Waals surface area contributed by atoms with Gasteiger partial charge in [-0.05, 0) is 140 Å². The van der Waals surface area contributed by atoms with E-state index in [1.807, 2.05) is 19.1 Å². The number of Topliss-reactive ketones (excluding diaryl/α,β-unsaturated/α-hetero) is 1. The third kappa shape index (κ3) is 5.44. The van der Waals surface area contributed by atoms with Crippen LogP contribution >= 0.6 is 11.6 Å². The lowest BCUT2D eigenvalue weighted by Gasteiger charge is -2.67. The van der Waals surface area contributed by atoms with E-state index < -0.39 is 10.8 Å². The van der Waals surface area contributed by atoms with Gasteiger partial charge in [0.05, 0.1) is 11.3 Å². The fraction of sp³-hybridized carbons (Fsp3) is 0.727. The molecule has 278 valence electrons. The van der Waals surface area contributed by atoms with Crippen LogP contribution in [0.5, 0.6) is 0 Å². The fourth-order valence-corrected chi connectivity index (χ4v) is 13.6. The van der Waals surface area contributed by atoms with Crippen molar-refractivity contribution in [2.75, 3.05) is 5.32 Å². The molecule has 0 spiro atoms. The predicted molar refractivity (Wildman–Crippen MR) is 201 cm³/mol. The van der Waals surface area contributed by atoms with Crippen LogP contribution in [0, 0.1) is 74.9 Å². The summed E-state index contributed by atoms with van der Waals surface area (Å²) in [6.45, 7) is 17.9. The number of halogens is 1. The van der Waals surface area contributed by atoms with Gasteiger partial charge < -0.3 is 14.8 Å². The molecule has 0 heterocycles. The average molecular weight is 718 g/mol. The lowest BCUT2D eigenvalue weighted by molar-refractivity contribution is -0.197. The molecule has 6 aliphatic carbocycles. The summed E-state index contributed by atoms with van der Waals surface area (Å²) in [7, 11) is 0. The smallest absolute Gasteiger partial charge is 0.309 e. The summed E-state index contributed by atoms with van der Waals surface area (Å²) in [5.41, 5.74) is 2.10. The third-order valence-corrected chi connectivity index (χ3v) is 16.8. The molecule has 7 heteroatoms. The molecular formula is C44H60ClNO5. The number of esters is 1. The Hall–Kier alpha value is -2.47. The van der Waals surface area contributed by atoms with Crippen LogP contribution in [0.4, 0.5) is 5.69 Å². The minimum Gasteiger partial charge on any atom is -0.462 e. The molecule has 5 fully saturated rings. The van der Waals surface area contributed by atoms with E-state index in [1.54, 1.807) is 12.1 Å². The van der Waals surface area contributed by atoms with E-state index in [2.05, 4.69) is 53.8 Å². The van der Waals surface area contributed by atoms with Gasteiger partial charge in [0, 0.05) is 28.5 Å². The highest BCUT2D eigenvalue weighted by atomic mass is 35.5. The first kappa shape index (κ1) is 36.9. The molecule has 0 aliphatic heterocycles. The van der Waals surface area contributed by atoms with E-state index in [4.69, 9.17) is 16.3 Å². The Morgan fingerprint density at radius 2 is 1.59 bits per heavy atom. The first-order valence-corrected chi connectivity index (χ1v) is 20.4. The maximum atomic E-state index is 14.3. The quantitative estimate of drug-likeness (QED) is 0.224. The summed E-state index contributed by atoms with van der Waals surface area (Å²) >= 11 is 6.14. The molecule has 1 aromatic carbocycles. The summed E-state index contributed by atoms with van der Waals surface area (Å²) < 4.78 is 6.28. The molecule has 51 heavy (non-hydrogen) atoms. The highest BCUT2D eigenvalue weighted by Gasteiger charge is 2.68. The van der Waals surface area contributed by atoms with E-state index in [0.717, 1.165) is 68.9 Å². The Labute approximate surface area is 310 Å². The van der Waals surface area contributed by atoms with E-state index in [0.29, 0.717) is 47.5 Å². The molecule has 7 rings (SSSR count). The molecule has 0 saturated heterocycles. The number of fused-ring (bicyclic) bond motifs is 7. The lowest BCUT2D eigenvalue weighted by atomic mass is 9.37. The topological polar surface area (TPSA) is 89.5 Å². The second-order valence-electron chi connectivity index (χ2n) is 19.2. The molecule has 6 nitrogen and oxygen atoms in total. The zero-order valence-corrected chi connectivity index (χ0v) is 32.9. The number of amides is 1. The number of allylic oxidation sites excluding steroid dienone is 2. The first-order chi connectivity index (χ1) is 24.0. The molecule has 0 radical (unpaired) electrons. The van der Waals surface area contributed by atoms with Crippen LogP contribution in [0.1, 0.15) is 120 Å². The Kier molecular flexibility index (Phi) is 9.28. The van der Waals surface area contributed by atoms with E-state index in [-0.39, 0.29) is 58.3 Å². The van der Waals surface area contributed by atoms with Crippen LogP contribution in [-0.2, 0) is 23.9 Å². The number of rotatable bonds is 7. The summed E-state index contributed by atoms with van der Waals surface area (Å²) in [5.74, 6) is 2.29. The van der Waals surface area contributed by atoms with Gasteiger partial charge in [-0.25, -0.2) is 0 Å². The first-order valence-electron chi connectivity index (χ1n) is 20.0. The van der Waals surface area contributed by atoms with Gasteiger partial charge in [0.25, 0.3) is 0 Å². The van der Waals surface area contributed by atoms with Gasteiger partial charge in [-0.15, -0.1) is 0 Å². The van der Waals surface area contributed by atoms with Crippen LogP contribution in [0.3, 0.4) is 0 Å². The molecule has 1 amide bonds. The van der Waals surface area contributed by atoms with Crippen LogP contribution in [0.2, 0.25) is 5.02 Å². The third-order valence-electron chi connectivity index (χ3n) is 16.6. The van der Waals surface area contributed by atoms with E-state index in [9.17, 15) is 19.2 Å². The minimum absolute atomic E-state index is 0.0157. The van der Waals surface area contributed by atoms with Crippen molar-refractivity contribution in [2.24, 2.45) is 74.9 Å². The SMILES string of the molecule is CC(C)C1=C2C3CCC4C(C)(CCC5C(C)C(OC(=O)C6CC(C=O)C6C)CCC54C)C3CCC2(C(C)(C)C(=O)Nc2ccc(Cl)cc2)CC1=O. The average Bonchev–Trinajstić information content (AvgIpc) is 3.40. The normalized spacial score (nSPS) is 41.8. The summed E-state index contributed by atoms with van der Waals surface area (Å²) in [5, 5.41) is 3.82. The maximum Gasteiger partial charge on any atom is 0.309 e. The molecule has 1 N–H and O–H groups in total. The van der Waals surface area contributed by atoms with Crippen molar-refractivity contribution in [2.45, 2.75) is 126 Å². The monoisotopic (exact) mass is 717 g/mol. The molecule has 6 aliphatic rings. The van der Waals surface area contributed by atoms with Gasteiger partial charge in [-0.3, -0.25) is 14.4 Å². The van der Waals surface area contributed by atoms with Gasteiger partial charge in [-0.1, -0.05) is 72.6 Å². The largest absolute Gasteiger partial charge is 0.462 e. The molecule has 12 atom stereocenters. The minimum atomic E-state index is -0.780. The number of benzene rings is 1. The van der Waals surface area contributed by atoms with Crippen LogP contribution < -0.4 is 5.32 Å².